The van der Waals surface area contributed by atoms with Gasteiger partial charge in [-0.3, -0.25) is 0 Å². The van der Waals surface area contributed by atoms with Crippen LogP contribution in [0.25, 0.3) is 66.1 Å². The lowest BCUT2D eigenvalue weighted by Gasteiger charge is -2.22. The lowest BCUT2D eigenvalue weighted by Crippen LogP contribution is -2.14. The van der Waals surface area contributed by atoms with Crippen molar-refractivity contribution in [2.75, 3.05) is 0 Å². The quantitative estimate of drug-likeness (QED) is 0.202. The molecule has 0 spiro atoms. The molecule has 0 N–H and O–H groups in total. The zero-order valence-electron chi connectivity index (χ0n) is 23.4. The van der Waals surface area contributed by atoms with Gasteiger partial charge >= 0.3 is 0 Å². The van der Waals surface area contributed by atoms with E-state index >= 15 is 0 Å². The highest BCUT2D eigenvalue weighted by Crippen LogP contribution is 2.54. The molecular formula is C41H30. The van der Waals surface area contributed by atoms with Crippen LogP contribution in [0.15, 0.2) is 146 Å². The molecular weight excluding hydrogens is 492 g/mol. The van der Waals surface area contributed by atoms with Crippen molar-refractivity contribution >= 4 is 21.5 Å². The van der Waals surface area contributed by atoms with E-state index < -0.39 is 0 Å². The molecule has 0 saturated carbocycles. The Morgan fingerprint density at radius 1 is 0.317 bits per heavy atom. The minimum atomic E-state index is -0.0337. The van der Waals surface area contributed by atoms with Crippen molar-refractivity contribution in [3.8, 4) is 44.5 Å². The molecule has 194 valence electrons. The molecule has 0 heteroatoms. The Kier molecular flexibility index (Phi) is 5.27. The first-order valence-corrected chi connectivity index (χ1v) is 14.5. The summed E-state index contributed by atoms with van der Waals surface area (Å²) >= 11 is 0. The van der Waals surface area contributed by atoms with Gasteiger partial charge in [-0.15, -0.1) is 0 Å². The van der Waals surface area contributed by atoms with Gasteiger partial charge in [0.2, 0.25) is 0 Å². The third-order valence-electron chi connectivity index (χ3n) is 9.09. The molecule has 0 unspecified atom stereocenters. The maximum absolute atomic E-state index is 2.36. The predicted octanol–water partition coefficient (Wildman–Crippen LogP) is 11.3. The third kappa shape index (κ3) is 3.54. The fourth-order valence-electron chi connectivity index (χ4n) is 7.15. The Bertz CT molecular complexity index is 2040. The van der Waals surface area contributed by atoms with Gasteiger partial charge in [-0.05, 0) is 77.2 Å². The lowest BCUT2D eigenvalue weighted by atomic mass is 9.80. The fourth-order valence-corrected chi connectivity index (χ4v) is 7.15. The van der Waals surface area contributed by atoms with Gasteiger partial charge in [0.05, 0.1) is 0 Å². The molecule has 41 heavy (non-hydrogen) atoms. The number of rotatable bonds is 3. The van der Waals surface area contributed by atoms with E-state index in [1.54, 1.807) is 0 Å². The molecule has 0 aliphatic heterocycles. The average Bonchev–Trinajstić information content (AvgIpc) is 3.27. The van der Waals surface area contributed by atoms with Crippen molar-refractivity contribution in [3.05, 3.63) is 157 Å². The van der Waals surface area contributed by atoms with E-state index in [9.17, 15) is 0 Å². The second-order valence-electron chi connectivity index (χ2n) is 11.7. The second-order valence-corrected chi connectivity index (χ2v) is 11.7. The van der Waals surface area contributed by atoms with Gasteiger partial charge in [-0.25, -0.2) is 0 Å². The number of fused-ring (bicyclic) bond motifs is 5. The van der Waals surface area contributed by atoms with E-state index in [0.717, 1.165) is 0 Å². The van der Waals surface area contributed by atoms with Crippen LogP contribution in [0, 0.1) is 0 Å². The number of benzene rings is 7. The molecule has 0 radical (unpaired) electrons. The highest BCUT2D eigenvalue weighted by atomic mass is 14.4. The van der Waals surface area contributed by atoms with Crippen LogP contribution in [-0.2, 0) is 5.41 Å². The van der Waals surface area contributed by atoms with Gasteiger partial charge in [-0.1, -0.05) is 159 Å². The monoisotopic (exact) mass is 522 g/mol. The lowest BCUT2D eigenvalue weighted by molar-refractivity contribution is 0.660. The van der Waals surface area contributed by atoms with Crippen LogP contribution in [0.1, 0.15) is 25.0 Å². The Morgan fingerprint density at radius 3 is 1.44 bits per heavy atom. The first-order valence-electron chi connectivity index (χ1n) is 14.5. The van der Waals surface area contributed by atoms with Crippen LogP contribution in [0.5, 0.6) is 0 Å². The van der Waals surface area contributed by atoms with Crippen molar-refractivity contribution in [3.63, 3.8) is 0 Å². The summed E-state index contributed by atoms with van der Waals surface area (Å²) in [6.45, 7) is 4.72. The normalized spacial score (nSPS) is 13.3. The molecule has 0 amide bonds. The summed E-state index contributed by atoms with van der Waals surface area (Å²) in [5.74, 6) is 0. The highest BCUT2D eigenvalue weighted by molar-refractivity contribution is 6.22. The molecule has 0 fully saturated rings. The zero-order valence-corrected chi connectivity index (χ0v) is 23.4. The topological polar surface area (TPSA) is 0 Å². The van der Waals surface area contributed by atoms with E-state index in [0.29, 0.717) is 0 Å². The van der Waals surface area contributed by atoms with E-state index in [2.05, 4.69) is 159 Å². The van der Waals surface area contributed by atoms with Gasteiger partial charge in [-0.2, -0.15) is 0 Å². The molecule has 0 bridgehead atoms. The van der Waals surface area contributed by atoms with Crippen LogP contribution < -0.4 is 0 Å². The predicted molar refractivity (Wildman–Crippen MR) is 175 cm³/mol. The Morgan fingerprint density at radius 2 is 0.780 bits per heavy atom. The van der Waals surface area contributed by atoms with Crippen molar-refractivity contribution in [1.82, 2.24) is 0 Å². The third-order valence-corrected chi connectivity index (χ3v) is 9.09. The molecule has 0 saturated heterocycles. The van der Waals surface area contributed by atoms with Gasteiger partial charge in [0, 0.05) is 5.41 Å². The van der Waals surface area contributed by atoms with Crippen molar-refractivity contribution in [2.24, 2.45) is 0 Å². The van der Waals surface area contributed by atoms with Gasteiger partial charge in [0.25, 0.3) is 0 Å². The molecule has 0 aromatic heterocycles. The molecule has 7 aromatic rings. The van der Waals surface area contributed by atoms with Crippen LogP contribution in [0.4, 0.5) is 0 Å². The maximum Gasteiger partial charge on any atom is 0.0159 e. The van der Waals surface area contributed by atoms with Gasteiger partial charge in [0.1, 0.15) is 0 Å². The number of hydrogen-bond donors (Lipinski definition) is 0. The molecule has 0 nitrogen and oxygen atoms in total. The summed E-state index contributed by atoms with van der Waals surface area (Å²) in [6, 6.07) is 53.5. The largest absolute Gasteiger partial charge is 0.0622 e. The van der Waals surface area contributed by atoms with Crippen LogP contribution in [0.2, 0.25) is 0 Å². The molecule has 8 rings (SSSR count). The molecule has 0 heterocycles. The summed E-state index contributed by atoms with van der Waals surface area (Å²) in [5.41, 5.74) is 13.2. The smallest absolute Gasteiger partial charge is 0.0159 e. The summed E-state index contributed by atoms with van der Waals surface area (Å²) in [7, 11) is 0. The van der Waals surface area contributed by atoms with E-state index in [-0.39, 0.29) is 5.41 Å². The molecule has 1 aliphatic rings. The Hall–Kier alpha value is -4.94. The van der Waals surface area contributed by atoms with Crippen molar-refractivity contribution in [1.29, 1.82) is 0 Å². The molecule has 0 atom stereocenters. The first kappa shape index (κ1) is 23.9. The number of hydrogen-bond acceptors (Lipinski definition) is 0. The van der Waals surface area contributed by atoms with Crippen LogP contribution >= 0.6 is 0 Å². The summed E-state index contributed by atoms with van der Waals surface area (Å²) in [5, 5.41) is 5.17. The van der Waals surface area contributed by atoms with E-state index in [1.807, 2.05) is 0 Å². The summed E-state index contributed by atoms with van der Waals surface area (Å²) < 4.78 is 0. The zero-order chi connectivity index (χ0) is 27.6. The highest BCUT2D eigenvalue weighted by Gasteiger charge is 2.37. The van der Waals surface area contributed by atoms with Gasteiger partial charge < -0.3 is 0 Å². The summed E-state index contributed by atoms with van der Waals surface area (Å²) in [6.07, 6.45) is 0. The fraction of sp³-hybridized carbons (Fsp3) is 0.0732. The first-order chi connectivity index (χ1) is 20.1. The van der Waals surface area contributed by atoms with Crippen molar-refractivity contribution in [2.45, 2.75) is 19.3 Å². The Labute approximate surface area is 241 Å². The van der Waals surface area contributed by atoms with Gasteiger partial charge in [0.15, 0.2) is 0 Å². The Balaban J connectivity index is 1.43. The van der Waals surface area contributed by atoms with Crippen molar-refractivity contribution < 1.29 is 0 Å². The van der Waals surface area contributed by atoms with Crippen LogP contribution in [0.3, 0.4) is 0 Å². The minimum absolute atomic E-state index is 0.0337. The average molecular weight is 523 g/mol. The maximum atomic E-state index is 2.36. The summed E-state index contributed by atoms with van der Waals surface area (Å²) in [4.78, 5) is 0. The minimum Gasteiger partial charge on any atom is -0.0622 e. The standard InChI is InChI=1S/C41H30/c1-41(2)36-21-11-10-19-34(36)40-35(20-12-22-37(40)41)39-32-17-8-6-15-30(32)38(31-16-7-9-18-33(31)39)29-25-23-28(24-26-29)27-13-4-3-5-14-27/h3-26H,1-2H3. The molecule has 7 aromatic carbocycles. The SMILES string of the molecule is CC1(C)c2ccccc2-c2c(-c3c4ccccc4c(-c4ccc(-c5ccccc5)cc4)c4ccccc34)cccc21. The second kappa shape index (κ2) is 9.04. The van der Waals surface area contributed by atoms with E-state index in [1.165, 1.54) is 77.2 Å². The van der Waals surface area contributed by atoms with Crippen LogP contribution in [-0.4, -0.2) is 0 Å². The molecule has 1 aliphatic carbocycles. The van der Waals surface area contributed by atoms with E-state index in [4.69, 9.17) is 0 Å².